The lowest BCUT2D eigenvalue weighted by molar-refractivity contribution is -0.255. The van der Waals surface area contributed by atoms with Crippen molar-refractivity contribution in [3.05, 3.63) is 108 Å². The van der Waals surface area contributed by atoms with Crippen LogP contribution in [0, 0.1) is 0 Å². The van der Waals surface area contributed by atoms with Gasteiger partial charge in [-0.2, -0.15) is 0 Å². The van der Waals surface area contributed by atoms with Gasteiger partial charge in [0.15, 0.2) is 0 Å². The number of carboxylic acids is 1. The minimum Gasteiger partial charge on any atom is -0.545 e. The number of nitrogens with one attached hydrogen (secondary N) is 2. The molecule has 10 nitrogen and oxygen atoms in total. The molecule has 2 heterocycles. The van der Waals surface area contributed by atoms with E-state index in [2.05, 4.69) is 10.4 Å². The Morgan fingerprint density at radius 3 is 2.18 bits per heavy atom. The molecule has 3 amide bonds. The molecule has 190 valence electrons. The summed E-state index contributed by atoms with van der Waals surface area (Å²) >= 11 is 18.3. The predicted molar refractivity (Wildman–Crippen MR) is 138 cm³/mol. The number of aromatic carboxylic acids is 1. The van der Waals surface area contributed by atoms with Crippen LogP contribution in [0.2, 0.25) is 15.1 Å². The summed E-state index contributed by atoms with van der Waals surface area (Å²) in [6, 6.07) is 13.0. The van der Waals surface area contributed by atoms with Crippen molar-refractivity contribution in [3.63, 3.8) is 0 Å². The molecule has 0 aliphatic carbocycles. The Kier molecular flexibility index (Phi) is 6.31. The summed E-state index contributed by atoms with van der Waals surface area (Å²) < 4.78 is 1.03. The van der Waals surface area contributed by atoms with Crippen molar-refractivity contribution in [2.45, 2.75) is 0 Å². The highest BCUT2D eigenvalue weighted by Gasteiger charge is 2.37. The van der Waals surface area contributed by atoms with Crippen LogP contribution in [-0.4, -0.2) is 33.5 Å². The fraction of sp³-hybridized carbons (Fsp3) is 0. The third-order valence-electron chi connectivity index (χ3n) is 5.66. The van der Waals surface area contributed by atoms with Crippen molar-refractivity contribution >= 4 is 70.0 Å². The Labute approximate surface area is 227 Å². The van der Waals surface area contributed by atoms with Crippen LogP contribution < -0.4 is 20.9 Å². The summed E-state index contributed by atoms with van der Waals surface area (Å²) in [7, 11) is 0. The minimum atomic E-state index is -1.49. The van der Waals surface area contributed by atoms with E-state index in [0.29, 0.717) is 0 Å². The molecule has 4 aromatic rings. The molecular weight excluding hydrogens is 559 g/mol. The van der Waals surface area contributed by atoms with Gasteiger partial charge < -0.3 is 15.2 Å². The Bertz CT molecular complexity index is 1740. The lowest BCUT2D eigenvalue weighted by Crippen LogP contribution is -2.29. The molecule has 3 aromatic carbocycles. The number of rotatable bonds is 5. The Balaban J connectivity index is 1.41. The first-order chi connectivity index (χ1) is 18.0. The van der Waals surface area contributed by atoms with Crippen LogP contribution in [0.15, 0.2) is 65.5 Å². The third kappa shape index (κ3) is 4.34. The average Bonchev–Trinajstić information content (AvgIpc) is 3.34. The largest absolute Gasteiger partial charge is 0.545 e. The summed E-state index contributed by atoms with van der Waals surface area (Å²) in [5.74, 6) is -3.56. The lowest BCUT2D eigenvalue weighted by atomic mass is 10.1. The first-order valence-corrected chi connectivity index (χ1v) is 11.8. The molecule has 0 saturated carbocycles. The summed E-state index contributed by atoms with van der Waals surface area (Å²) in [5.41, 5.74) is -0.602. The van der Waals surface area contributed by atoms with Gasteiger partial charge in [0.25, 0.3) is 23.3 Å². The fourth-order valence-electron chi connectivity index (χ4n) is 3.96. The highest BCUT2D eigenvalue weighted by molar-refractivity contribution is 6.40. The maximum atomic E-state index is 12.9. The molecule has 0 saturated heterocycles. The van der Waals surface area contributed by atoms with Crippen LogP contribution in [0.25, 0.3) is 5.69 Å². The van der Waals surface area contributed by atoms with Crippen LogP contribution in [0.3, 0.4) is 0 Å². The van der Waals surface area contributed by atoms with E-state index in [1.54, 1.807) is 0 Å². The molecule has 5 rings (SSSR count). The predicted octanol–water partition coefficient (Wildman–Crippen LogP) is 3.54. The Morgan fingerprint density at radius 1 is 0.816 bits per heavy atom. The number of imide groups is 1. The molecule has 1 aromatic heterocycles. The van der Waals surface area contributed by atoms with Crippen LogP contribution >= 0.6 is 34.8 Å². The Morgan fingerprint density at radius 2 is 1.50 bits per heavy atom. The molecule has 0 radical (unpaired) electrons. The van der Waals surface area contributed by atoms with Crippen molar-refractivity contribution in [3.8, 4) is 5.69 Å². The zero-order chi connectivity index (χ0) is 27.3. The molecule has 2 N–H and O–H groups in total. The zero-order valence-electron chi connectivity index (χ0n) is 18.8. The summed E-state index contributed by atoms with van der Waals surface area (Å²) in [5, 5.41) is 16.9. The number of H-pyrrole nitrogens is 1. The summed E-state index contributed by atoms with van der Waals surface area (Å²) in [4.78, 5) is 63.3. The van der Waals surface area contributed by atoms with E-state index in [9.17, 15) is 29.1 Å². The first-order valence-electron chi connectivity index (χ1n) is 10.7. The van der Waals surface area contributed by atoms with Gasteiger partial charge >= 0.3 is 0 Å². The normalized spacial score (nSPS) is 12.6. The smallest absolute Gasteiger partial charge is 0.273 e. The number of amides is 3. The number of aromatic nitrogens is 2. The van der Waals surface area contributed by atoms with Crippen molar-refractivity contribution in [2.75, 3.05) is 10.2 Å². The first kappa shape index (κ1) is 25.3. The van der Waals surface area contributed by atoms with Crippen LogP contribution in [0.4, 0.5) is 11.5 Å². The van der Waals surface area contributed by atoms with Crippen molar-refractivity contribution in [2.24, 2.45) is 0 Å². The van der Waals surface area contributed by atoms with E-state index in [1.165, 1.54) is 48.5 Å². The number of fused-ring (bicyclic) bond motifs is 1. The molecule has 38 heavy (non-hydrogen) atoms. The summed E-state index contributed by atoms with van der Waals surface area (Å²) in [6.45, 7) is 0. The number of carboxylic acid groups (broad SMARTS) is 1. The monoisotopic (exact) mass is 569 g/mol. The fourth-order valence-corrected chi connectivity index (χ4v) is 4.94. The number of carbonyl (C=O) groups excluding carboxylic acids is 4. The van der Waals surface area contributed by atoms with Gasteiger partial charge in [0.1, 0.15) is 11.5 Å². The molecule has 0 bridgehead atoms. The number of nitrogens with zero attached hydrogens (tertiary/aromatic N) is 2. The molecular formula is C25H12Cl3N4O6-. The SMILES string of the molecule is O=C([O-])c1ccc2c(c1)C(=O)N(c1cccc(C(=O)Nc3cc(=O)n(-c4c(Cl)cc(Cl)cc4Cl)[nH]3)c1)C2=O. The number of anilines is 2. The van der Waals surface area contributed by atoms with E-state index < -0.39 is 29.3 Å². The van der Waals surface area contributed by atoms with Crippen LogP contribution in [0.1, 0.15) is 41.4 Å². The number of aromatic amines is 1. The minimum absolute atomic E-state index is 0.0167. The maximum Gasteiger partial charge on any atom is 0.273 e. The van der Waals surface area contributed by atoms with Gasteiger partial charge in [-0.1, -0.05) is 46.9 Å². The van der Waals surface area contributed by atoms with Crippen molar-refractivity contribution in [1.82, 2.24) is 9.78 Å². The molecule has 0 spiro atoms. The number of halogens is 3. The summed E-state index contributed by atoms with van der Waals surface area (Å²) in [6.07, 6.45) is 0. The van der Waals surface area contributed by atoms with Crippen LogP contribution in [-0.2, 0) is 0 Å². The molecule has 1 aliphatic heterocycles. The van der Waals surface area contributed by atoms with Crippen molar-refractivity contribution in [1.29, 1.82) is 0 Å². The van der Waals surface area contributed by atoms with E-state index in [0.717, 1.165) is 21.7 Å². The molecule has 0 unspecified atom stereocenters. The molecule has 1 aliphatic rings. The second-order valence-electron chi connectivity index (χ2n) is 8.06. The average molecular weight is 571 g/mol. The van der Waals surface area contributed by atoms with Crippen molar-refractivity contribution < 1.29 is 24.3 Å². The highest BCUT2D eigenvalue weighted by Crippen LogP contribution is 2.32. The number of carbonyl (C=O) groups is 4. The van der Waals surface area contributed by atoms with E-state index in [-0.39, 0.29) is 54.5 Å². The van der Waals surface area contributed by atoms with Gasteiger partial charge in [-0.15, -0.1) is 0 Å². The topological polar surface area (TPSA) is 144 Å². The van der Waals surface area contributed by atoms with E-state index in [1.807, 2.05) is 0 Å². The van der Waals surface area contributed by atoms with Gasteiger partial charge in [0.2, 0.25) is 0 Å². The standard InChI is InChI=1S/C25H13Cl3N4O6/c26-13-8-17(27)21(18(28)9-13)32-20(33)10-19(30-32)29-22(34)11-2-1-3-14(6-11)31-23(35)15-5-4-12(25(37)38)7-16(15)24(31)36/h1-10,30H,(H,29,34)(H,37,38)/p-1. The third-order valence-corrected chi connectivity index (χ3v) is 6.46. The van der Waals surface area contributed by atoms with Gasteiger partial charge in [0.05, 0.1) is 32.8 Å². The van der Waals surface area contributed by atoms with Gasteiger partial charge in [-0.05, 0) is 48.0 Å². The molecule has 13 heteroatoms. The quantitative estimate of drug-likeness (QED) is 0.351. The second kappa shape index (κ2) is 9.49. The number of benzene rings is 3. The van der Waals surface area contributed by atoms with Gasteiger partial charge in [0, 0.05) is 16.7 Å². The van der Waals surface area contributed by atoms with Gasteiger partial charge in [-0.3, -0.25) is 24.3 Å². The number of hydrogen-bond donors (Lipinski definition) is 2. The zero-order valence-corrected chi connectivity index (χ0v) is 21.0. The van der Waals surface area contributed by atoms with E-state index >= 15 is 0 Å². The van der Waals surface area contributed by atoms with Gasteiger partial charge in [-0.25, -0.2) is 9.58 Å². The maximum absolute atomic E-state index is 12.9. The van der Waals surface area contributed by atoms with Crippen LogP contribution in [0.5, 0.6) is 0 Å². The number of hydrogen-bond acceptors (Lipinski definition) is 6. The second-order valence-corrected chi connectivity index (χ2v) is 9.31. The lowest BCUT2D eigenvalue weighted by Gasteiger charge is -2.15. The highest BCUT2D eigenvalue weighted by atomic mass is 35.5. The molecule has 0 atom stereocenters. The van der Waals surface area contributed by atoms with E-state index in [4.69, 9.17) is 34.8 Å². The Hall–Kier alpha value is -4.38. The molecule has 0 fully saturated rings.